The Morgan fingerprint density at radius 2 is 1.38 bits per heavy atom. The van der Waals surface area contributed by atoms with Gasteiger partial charge in [-0.05, 0) is 57.8 Å². The van der Waals surface area contributed by atoms with Gasteiger partial charge in [-0.25, -0.2) is 0 Å². The van der Waals surface area contributed by atoms with Crippen LogP contribution in [0.4, 0.5) is 0 Å². The molecule has 26 heavy (non-hydrogen) atoms. The summed E-state index contributed by atoms with van der Waals surface area (Å²) >= 11 is 0. The molecule has 0 aromatic heterocycles. The molecule has 2 saturated carbocycles. The zero-order valence-electron chi connectivity index (χ0n) is 17.3. The van der Waals surface area contributed by atoms with E-state index >= 15 is 0 Å². The van der Waals surface area contributed by atoms with Crippen LogP contribution in [-0.2, 0) is 4.79 Å². The lowest BCUT2D eigenvalue weighted by molar-refractivity contribution is -0.925. The number of aliphatic carboxylic acids is 1. The third kappa shape index (κ3) is 7.85. The molecule has 0 radical (unpaired) electrons. The summed E-state index contributed by atoms with van der Waals surface area (Å²) < 4.78 is 1.08. The van der Waals surface area contributed by atoms with E-state index in [0.29, 0.717) is 18.4 Å². The summed E-state index contributed by atoms with van der Waals surface area (Å²) in [5.41, 5.74) is 0. The molecule has 2 aliphatic carbocycles. The van der Waals surface area contributed by atoms with Gasteiger partial charge in [0.05, 0.1) is 26.2 Å². The minimum absolute atomic E-state index is 0. The summed E-state index contributed by atoms with van der Waals surface area (Å²) in [4.78, 5) is 11.2. The number of quaternary nitrogens is 1. The Morgan fingerprint density at radius 1 is 0.962 bits per heavy atom. The average Bonchev–Trinajstić information content (AvgIpc) is 3.30. The van der Waals surface area contributed by atoms with Gasteiger partial charge < -0.3 is 19.5 Å². The first-order valence-corrected chi connectivity index (χ1v) is 10.7. The summed E-state index contributed by atoms with van der Waals surface area (Å²) in [6.45, 7) is 11.3. The molecule has 0 amide bonds. The standard InChI is InChI=1S/C12H20O2.C9H22NO.BrH/c13-12(14)11(9-5-1-2-6-9)10-7-3-4-8-10;1-4-7-10(5-2,6-3)8-9-11;/h9-11H,1-8H2,(H,13,14);11H,4-9H2,1-3H3;1H/q;+1;/p-1. The lowest BCUT2D eigenvalue weighted by Crippen LogP contribution is -2.50. The number of nitrogens with zero attached hydrogens (tertiary/aromatic N) is 1. The second-order valence-electron chi connectivity index (χ2n) is 8.08. The third-order valence-corrected chi connectivity index (χ3v) is 6.70. The molecule has 0 aromatic carbocycles. The van der Waals surface area contributed by atoms with Crippen molar-refractivity contribution in [3.05, 3.63) is 0 Å². The van der Waals surface area contributed by atoms with E-state index in [1.165, 1.54) is 38.6 Å². The number of aliphatic hydroxyl groups excluding tert-OH is 1. The van der Waals surface area contributed by atoms with Crippen LogP contribution in [-0.4, -0.2) is 48.3 Å². The van der Waals surface area contributed by atoms with Gasteiger partial charge in [0, 0.05) is 11.9 Å². The fourth-order valence-electron chi connectivity index (χ4n) is 5.06. The highest BCUT2D eigenvalue weighted by atomic mass is 79.9. The van der Waals surface area contributed by atoms with E-state index in [1.807, 2.05) is 0 Å². The molecular formula is C21H42BrNO3. The Balaban J connectivity index is 0.000000479. The predicted molar refractivity (Wildman–Crippen MR) is 111 cm³/mol. The fraction of sp³-hybridized carbons (Fsp3) is 0.952. The summed E-state index contributed by atoms with van der Waals surface area (Å²) in [6, 6.07) is 0. The van der Waals surface area contributed by atoms with Crippen LogP contribution in [0.1, 0.15) is 78.6 Å². The lowest BCUT2D eigenvalue weighted by atomic mass is 9.79. The number of carbonyl (C=O) groups excluding carboxylic acids is 1. The zero-order valence-corrected chi connectivity index (χ0v) is 19.0. The van der Waals surface area contributed by atoms with E-state index in [-0.39, 0.29) is 22.9 Å². The molecule has 0 unspecified atom stereocenters. The molecule has 2 aliphatic rings. The quantitative estimate of drug-likeness (QED) is 0.563. The summed E-state index contributed by atoms with van der Waals surface area (Å²) in [5, 5.41) is 20.0. The predicted octanol–water partition coefficient (Wildman–Crippen LogP) is 3.56. The molecule has 0 aliphatic heterocycles. The molecule has 5 heteroatoms. The van der Waals surface area contributed by atoms with Crippen molar-refractivity contribution < 1.29 is 19.5 Å². The van der Waals surface area contributed by atoms with Crippen molar-refractivity contribution in [3.63, 3.8) is 0 Å². The van der Waals surface area contributed by atoms with E-state index in [0.717, 1.165) is 49.8 Å². The van der Waals surface area contributed by atoms with E-state index in [2.05, 4.69) is 20.8 Å². The van der Waals surface area contributed by atoms with Crippen molar-refractivity contribution in [2.45, 2.75) is 78.6 Å². The van der Waals surface area contributed by atoms with Gasteiger partial charge in [0.25, 0.3) is 0 Å². The van der Waals surface area contributed by atoms with Crippen molar-refractivity contribution in [1.29, 1.82) is 0 Å². The van der Waals surface area contributed by atoms with Crippen LogP contribution in [0.15, 0.2) is 0 Å². The lowest BCUT2D eigenvalue weighted by Gasteiger charge is -2.36. The minimum atomic E-state index is -0.774. The van der Waals surface area contributed by atoms with Crippen LogP contribution in [0, 0.1) is 17.8 Å². The number of halogens is 1. The van der Waals surface area contributed by atoms with Crippen LogP contribution < -0.4 is 5.11 Å². The van der Waals surface area contributed by atoms with E-state index in [1.54, 1.807) is 0 Å². The van der Waals surface area contributed by atoms with Gasteiger partial charge in [-0.3, -0.25) is 0 Å². The van der Waals surface area contributed by atoms with Crippen molar-refractivity contribution in [3.8, 4) is 0 Å². The number of hydrogen-bond donors (Lipinski definition) is 1. The molecule has 0 atom stereocenters. The molecule has 156 valence electrons. The highest BCUT2D eigenvalue weighted by Crippen LogP contribution is 2.41. The monoisotopic (exact) mass is 435 g/mol. The Morgan fingerprint density at radius 3 is 1.65 bits per heavy atom. The fourth-order valence-corrected chi connectivity index (χ4v) is 5.06. The third-order valence-electron chi connectivity index (χ3n) is 6.70. The maximum Gasteiger partial charge on any atom is 0.102 e. The van der Waals surface area contributed by atoms with Gasteiger partial charge in [0.2, 0.25) is 0 Å². The van der Waals surface area contributed by atoms with Crippen LogP contribution in [0.25, 0.3) is 0 Å². The Kier molecular flexibility index (Phi) is 13.9. The largest absolute Gasteiger partial charge is 0.550 e. The summed E-state index contributed by atoms with van der Waals surface area (Å²) in [5.74, 6) is -0.0324. The van der Waals surface area contributed by atoms with Crippen LogP contribution in [0.2, 0.25) is 0 Å². The number of aliphatic hydroxyl groups is 1. The first-order chi connectivity index (χ1) is 12.0. The minimum Gasteiger partial charge on any atom is -0.550 e. The van der Waals surface area contributed by atoms with Crippen molar-refractivity contribution in [1.82, 2.24) is 0 Å². The summed E-state index contributed by atoms with van der Waals surface area (Å²) in [7, 11) is 0. The van der Waals surface area contributed by atoms with E-state index in [9.17, 15) is 9.90 Å². The Bertz CT molecular complexity index is 338. The average molecular weight is 436 g/mol. The van der Waals surface area contributed by atoms with Gasteiger partial charge in [-0.1, -0.05) is 32.6 Å². The van der Waals surface area contributed by atoms with E-state index in [4.69, 9.17) is 5.11 Å². The number of carboxylic acid groups (broad SMARTS) is 1. The highest BCUT2D eigenvalue weighted by Gasteiger charge is 2.33. The van der Waals surface area contributed by atoms with Gasteiger partial charge >= 0.3 is 0 Å². The smallest absolute Gasteiger partial charge is 0.102 e. The SMILES string of the molecule is Br.CCC[N+](CC)(CC)CCO.O=C([O-])C(C1CCCC1)C1CCCC1. The van der Waals surface area contributed by atoms with Crippen LogP contribution >= 0.6 is 17.0 Å². The second kappa shape index (κ2) is 14.0. The van der Waals surface area contributed by atoms with E-state index < -0.39 is 5.97 Å². The van der Waals surface area contributed by atoms with Gasteiger partial charge in [-0.2, -0.15) is 0 Å². The molecule has 1 N–H and O–H groups in total. The number of carboxylic acids is 1. The molecular weight excluding hydrogens is 394 g/mol. The molecule has 0 saturated heterocycles. The Labute approximate surface area is 171 Å². The van der Waals surface area contributed by atoms with Gasteiger partial charge in [0.1, 0.15) is 6.54 Å². The van der Waals surface area contributed by atoms with Gasteiger partial charge in [0.15, 0.2) is 0 Å². The molecule has 0 aromatic rings. The molecule has 0 bridgehead atoms. The molecule has 2 rings (SSSR count). The number of likely N-dealkylation sites (N-methyl/N-ethyl adjacent to an activating group) is 1. The number of hydrogen-bond acceptors (Lipinski definition) is 3. The van der Waals surface area contributed by atoms with Crippen LogP contribution in [0.5, 0.6) is 0 Å². The maximum absolute atomic E-state index is 11.2. The second-order valence-corrected chi connectivity index (χ2v) is 8.08. The summed E-state index contributed by atoms with van der Waals surface area (Å²) in [6.07, 6.45) is 10.6. The number of carbonyl (C=O) groups is 1. The first kappa shape index (κ1) is 25.9. The molecule has 2 fully saturated rings. The first-order valence-electron chi connectivity index (χ1n) is 10.7. The maximum atomic E-state index is 11.2. The zero-order chi connectivity index (χ0) is 18.7. The molecule has 4 nitrogen and oxygen atoms in total. The van der Waals surface area contributed by atoms with Crippen LogP contribution in [0.3, 0.4) is 0 Å². The number of rotatable bonds is 9. The molecule has 0 spiro atoms. The highest BCUT2D eigenvalue weighted by molar-refractivity contribution is 8.93. The van der Waals surface area contributed by atoms with Crippen molar-refractivity contribution in [2.24, 2.45) is 17.8 Å². The van der Waals surface area contributed by atoms with Crippen molar-refractivity contribution >= 4 is 23.0 Å². The normalized spacial score (nSPS) is 18.5. The Hall–Kier alpha value is -0.130. The van der Waals surface area contributed by atoms with Crippen molar-refractivity contribution in [2.75, 3.05) is 32.8 Å². The van der Waals surface area contributed by atoms with Gasteiger partial charge in [-0.15, -0.1) is 17.0 Å². The molecule has 0 heterocycles. The topological polar surface area (TPSA) is 60.4 Å².